The number of rotatable bonds is 4. The van der Waals surface area contributed by atoms with Crippen molar-refractivity contribution in [1.29, 1.82) is 0 Å². The third-order valence-corrected chi connectivity index (χ3v) is 5.02. The maximum Gasteiger partial charge on any atom is 0.0897 e. The topological polar surface area (TPSA) is 28.2 Å². The van der Waals surface area contributed by atoms with Gasteiger partial charge in [-0.2, -0.15) is 0 Å². The van der Waals surface area contributed by atoms with Gasteiger partial charge >= 0.3 is 0 Å². The van der Waals surface area contributed by atoms with Gasteiger partial charge in [0.15, 0.2) is 0 Å². The summed E-state index contributed by atoms with van der Waals surface area (Å²) < 4.78 is 0. The van der Waals surface area contributed by atoms with Crippen LogP contribution in [0, 0.1) is 12.8 Å². The predicted octanol–water partition coefficient (Wildman–Crippen LogP) is 2.66. The molecule has 0 spiro atoms. The Kier molecular flexibility index (Phi) is 4.76. The highest BCUT2D eigenvalue weighted by Gasteiger charge is 2.31. The molecule has 0 radical (unpaired) electrons. The standard InChI is InChI=1S/C14H25N3S/c1-5-15-14-6-7-17(11(3)10(14)2)8-13-9-18-12(4)16-13/h9-11,14-15H,5-8H2,1-4H3. The zero-order valence-electron chi connectivity index (χ0n) is 11.9. The van der Waals surface area contributed by atoms with Crippen LogP contribution in [0.1, 0.15) is 37.9 Å². The molecule has 3 unspecified atom stereocenters. The van der Waals surface area contributed by atoms with Crippen LogP contribution in [0.25, 0.3) is 0 Å². The minimum absolute atomic E-state index is 0.629. The van der Waals surface area contributed by atoms with Crippen molar-refractivity contribution in [1.82, 2.24) is 15.2 Å². The Balaban J connectivity index is 1.95. The number of hydrogen-bond acceptors (Lipinski definition) is 4. The molecule has 1 aliphatic heterocycles. The number of nitrogens with one attached hydrogen (secondary N) is 1. The molecule has 0 aliphatic carbocycles. The summed E-state index contributed by atoms with van der Waals surface area (Å²) in [5, 5.41) is 6.98. The van der Waals surface area contributed by atoms with E-state index in [1.165, 1.54) is 23.7 Å². The highest BCUT2D eigenvalue weighted by atomic mass is 32.1. The molecule has 4 heteroatoms. The normalized spacial score (nSPS) is 29.7. The summed E-state index contributed by atoms with van der Waals surface area (Å²) in [6.45, 7) is 12.3. The molecular formula is C14H25N3S. The molecule has 3 nitrogen and oxygen atoms in total. The molecule has 1 fully saturated rings. The Morgan fingerprint density at radius 3 is 2.89 bits per heavy atom. The summed E-state index contributed by atoms with van der Waals surface area (Å²) in [4.78, 5) is 7.16. The molecule has 0 saturated carbocycles. The maximum absolute atomic E-state index is 4.58. The molecule has 0 aromatic carbocycles. The lowest BCUT2D eigenvalue weighted by Crippen LogP contribution is -2.52. The van der Waals surface area contributed by atoms with Gasteiger partial charge in [-0.15, -0.1) is 11.3 Å². The Hall–Kier alpha value is -0.450. The van der Waals surface area contributed by atoms with Gasteiger partial charge in [-0.3, -0.25) is 4.90 Å². The predicted molar refractivity (Wildman–Crippen MR) is 78.0 cm³/mol. The number of thiazole rings is 1. The lowest BCUT2D eigenvalue weighted by molar-refractivity contribution is 0.0781. The molecule has 2 rings (SSSR count). The first-order valence-corrected chi connectivity index (χ1v) is 7.88. The fourth-order valence-electron chi connectivity index (χ4n) is 2.90. The van der Waals surface area contributed by atoms with Gasteiger partial charge in [0.05, 0.1) is 10.7 Å². The van der Waals surface area contributed by atoms with Crippen LogP contribution in [-0.2, 0) is 6.54 Å². The van der Waals surface area contributed by atoms with Crippen LogP contribution in [0.2, 0.25) is 0 Å². The Bertz CT molecular complexity index is 377. The lowest BCUT2D eigenvalue weighted by atomic mass is 9.87. The van der Waals surface area contributed by atoms with E-state index < -0.39 is 0 Å². The summed E-state index contributed by atoms with van der Waals surface area (Å²) >= 11 is 1.75. The first-order chi connectivity index (χ1) is 8.61. The third kappa shape index (κ3) is 3.11. The number of likely N-dealkylation sites (tertiary alicyclic amines) is 1. The summed E-state index contributed by atoms with van der Waals surface area (Å²) in [5.41, 5.74) is 1.23. The molecule has 1 aromatic rings. The van der Waals surface area contributed by atoms with Crippen molar-refractivity contribution >= 4 is 11.3 Å². The van der Waals surface area contributed by atoms with Crippen LogP contribution in [0.15, 0.2) is 5.38 Å². The summed E-state index contributed by atoms with van der Waals surface area (Å²) in [6.07, 6.45) is 1.25. The van der Waals surface area contributed by atoms with Crippen molar-refractivity contribution in [2.24, 2.45) is 5.92 Å². The lowest BCUT2D eigenvalue weighted by Gasteiger charge is -2.42. The molecule has 1 aromatic heterocycles. The van der Waals surface area contributed by atoms with Crippen molar-refractivity contribution < 1.29 is 0 Å². The van der Waals surface area contributed by atoms with E-state index in [-0.39, 0.29) is 0 Å². The van der Waals surface area contributed by atoms with Crippen LogP contribution in [-0.4, -0.2) is 35.1 Å². The highest BCUT2D eigenvalue weighted by Crippen LogP contribution is 2.25. The van der Waals surface area contributed by atoms with E-state index in [0.29, 0.717) is 18.0 Å². The van der Waals surface area contributed by atoms with E-state index in [0.717, 1.165) is 13.1 Å². The van der Waals surface area contributed by atoms with Crippen LogP contribution < -0.4 is 5.32 Å². The van der Waals surface area contributed by atoms with Crippen molar-refractivity contribution in [2.75, 3.05) is 13.1 Å². The van der Waals surface area contributed by atoms with Crippen molar-refractivity contribution in [2.45, 2.75) is 52.7 Å². The van der Waals surface area contributed by atoms with Crippen molar-refractivity contribution in [3.63, 3.8) is 0 Å². The van der Waals surface area contributed by atoms with Gasteiger partial charge < -0.3 is 5.32 Å². The van der Waals surface area contributed by atoms with E-state index in [9.17, 15) is 0 Å². The number of piperidine rings is 1. The summed E-state index contributed by atoms with van der Waals surface area (Å²) in [5.74, 6) is 0.707. The van der Waals surface area contributed by atoms with Gasteiger partial charge in [0.1, 0.15) is 0 Å². The second kappa shape index (κ2) is 6.13. The fraction of sp³-hybridized carbons (Fsp3) is 0.786. The molecule has 1 saturated heterocycles. The van der Waals surface area contributed by atoms with Gasteiger partial charge in [0.25, 0.3) is 0 Å². The zero-order valence-corrected chi connectivity index (χ0v) is 12.8. The first kappa shape index (κ1) is 14.0. The summed E-state index contributed by atoms with van der Waals surface area (Å²) in [6, 6.07) is 1.31. The Morgan fingerprint density at radius 1 is 1.50 bits per heavy atom. The highest BCUT2D eigenvalue weighted by molar-refractivity contribution is 7.09. The SMILES string of the molecule is CCNC1CCN(Cc2csc(C)n2)C(C)C1C. The number of nitrogens with zero attached hydrogens (tertiary/aromatic N) is 2. The van der Waals surface area contributed by atoms with Crippen LogP contribution in [0.4, 0.5) is 0 Å². The second-order valence-corrected chi connectivity index (χ2v) is 6.44. The van der Waals surface area contributed by atoms with Crippen LogP contribution in [0.3, 0.4) is 0 Å². The number of aromatic nitrogens is 1. The fourth-order valence-corrected chi connectivity index (χ4v) is 3.51. The van der Waals surface area contributed by atoms with E-state index in [1.807, 2.05) is 0 Å². The van der Waals surface area contributed by atoms with Gasteiger partial charge in [0, 0.05) is 30.6 Å². The number of hydrogen-bond donors (Lipinski definition) is 1. The van der Waals surface area contributed by atoms with Crippen LogP contribution >= 0.6 is 11.3 Å². The van der Waals surface area contributed by atoms with Crippen molar-refractivity contribution in [3.05, 3.63) is 16.1 Å². The van der Waals surface area contributed by atoms with Gasteiger partial charge in [-0.25, -0.2) is 4.98 Å². The molecule has 0 bridgehead atoms. The molecule has 3 atom stereocenters. The van der Waals surface area contributed by atoms with Gasteiger partial charge in [-0.1, -0.05) is 13.8 Å². The molecular weight excluding hydrogens is 242 g/mol. The summed E-state index contributed by atoms with van der Waals surface area (Å²) in [7, 11) is 0. The van der Waals surface area contributed by atoms with E-state index in [4.69, 9.17) is 0 Å². The monoisotopic (exact) mass is 267 g/mol. The average molecular weight is 267 g/mol. The molecule has 102 valence electrons. The smallest absolute Gasteiger partial charge is 0.0897 e. The molecule has 18 heavy (non-hydrogen) atoms. The van der Waals surface area contributed by atoms with E-state index >= 15 is 0 Å². The minimum atomic E-state index is 0.629. The molecule has 1 N–H and O–H groups in total. The largest absolute Gasteiger partial charge is 0.314 e. The Morgan fingerprint density at radius 2 is 2.28 bits per heavy atom. The van der Waals surface area contributed by atoms with Gasteiger partial charge in [0.2, 0.25) is 0 Å². The molecule has 2 heterocycles. The first-order valence-electron chi connectivity index (χ1n) is 7.00. The van der Waals surface area contributed by atoms with Crippen molar-refractivity contribution in [3.8, 4) is 0 Å². The molecule has 0 amide bonds. The number of aryl methyl sites for hydroxylation is 1. The zero-order chi connectivity index (χ0) is 13.1. The van der Waals surface area contributed by atoms with E-state index in [2.05, 4.69) is 48.3 Å². The quantitative estimate of drug-likeness (QED) is 0.909. The average Bonchev–Trinajstić information content (AvgIpc) is 2.75. The minimum Gasteiger partial charge on any atom is -0.314 e. The van der Waals surface area contributed by atoms with Crippen LogP contribution in [0.5, 0.6) is 0 Å². The molecule has 1 aliphatic rings. The Labute approximate surface area is 115 Å². The van der Waals surface area contributed by atoms with E-state index in [1.54, 1.807) is 11.3 Å². The third-order valence-electron chi connectivity index (χ3n) is 4.20. The second-order valence-electron chi connectivity index (χ2n) is 5.38. The maximum atomic E-state index is 4.58. The van der Waals surface area contributed by atoms with Gasteiger partial charge in [-0.05, 0) is 32.7 Å².